The second kappa shape index (κ2) is 11.0. The molecule has 0 spiro atoms. The molecule has 0 saturated carbocycles. The molecular weight excluding hydrogens is 562 g/mol. The number of amides is 1. The second-order valence-electron chi connectivity index (χ2n) is 9.06. The number of anilines is 1. The van der Waals surface area contributed by atoms with Gasteiger partial charge in [0.15, 0.2) is 5.78 Å². The number of nitrogens with zero attached hydrogens (tertiary/aromatic N) is 1. The number of ketones is 1. The number of carbonyl (C=O) groups excluding carboxylic acids is 2. The number of ether oxygens (including phenoxy) is 1. The molecule has 5 aromatic rings. The highest BCUT2D eigenvalue weighted by Gasteiger charge is 2.34. The first-order valence-corrected chi connectivity index (χ1v) is 12.3. The molecule has 11 heteroatoms. The Balaban J connectivity index is 1.56. The fourth-order valence-corrected chi connectivity index (χ4v) is 4.42. The van der Waals surface area contributed by atoms with E-state index in [2.05, 4.69) is 10.3 Å². The molecule has 1 amide bonds. The molecule has 1 N–H and O–H groups in total. The van der Waals surface area contributed by atoms with E-state index in [1.54, 1.807) is 30.3 Å². The first kappa shape index (κ1) is 28.3. The van der Waals surface area contributed by atoms with Crippen molar-refractivity contribution in [1.82, 2.24) is 4.98 Å². The van der Waals surface area contributed by atoms with E-state index in [-0.39, 0.29) is 44.6 Å². The number of pyridine rings is 1. The summed E-state index contributed by atoms with van der Waals surface area (Å²) in [6.45, 7) is 0. The number of hydrogen-bond acceptors (Lipinski definition) is 4. The molecule has 0 aliphatic rings. The number of aromatic nitrogens is 1. The predicted octanol–water partition coefficient (Wildman–Crippen LogP) is 8.78. The summed E-state index contributed by atoms with van der Waals surface area (Å²) in [5.74, 6) is -0.571. The van der Waals surface area contributed by atoms with Gasteiger partial charge in [0.05, 0.1) is 16.6 Å². The van der Waals surface area contributed by atoms with Crippen molar-refractivity contribution < 1.29 is 40.7 Å². The fourth-order valence-electron chi connectivity index (χ4n) is 4.42. The Morgan fingerprint density at radius 2 is 1.45 bits per heavy atom. The maximum absolute atomic E-state index is 13.8. The third kappa shape index (κ3) is 5.95. The van der Waals surface area contributed by atoms with Crippen molar-refractivity contribution in [3.8, 4) is 16.9 Å². The summed E-state index contributed by atoms with van der Waals surface area (Å²) in [6, 6.07) is 21.2. The molecule has 4 aromatic carbocycles. The maximum Gasteiger partial charge on any atom is 0.418 e. The number of benzene rings is 4. The van der Waals surface area contributed by atoms with Crippen LogP contribution in [0.15, 0.2) is 103 Å². The molecule has 0 atom stereocenters. The minimum atomic E-state index is -4.72. The van der Waals surface area contributed by atoms with E-state index in [1.807, 2.05) is 0 Å². The molecule has 0 aliphatic carbocycles. The number of para-hydroxylation sites is 1. The van der Waals surface area contributed by atoms with Crippen molar-refractivity contribution in [2.24, 2.45) is 0 Å². The fraction of sp³-hybridized carbons (Fsp3) is 0.0645. The SMILES string of the molecule is O=C(Nc1cccc(C(F)(F)F)c1)Oc1cccc(-c2c(C(=O)c3ccccc3)cnc3c(C(F)(F)F)cccc23)c1. The molecule has 0 unspecified atom stereocenters. The van der Waals surface area contributed by atoms with Crippen LogP contribution in [-0.2, 0) is 12.4 Å². The zero-order valence-corrected chi connectivity index (χ0v) is 21.3. The van der Waals surface area contributed by atoms with Gasteiger partial charge in [0.2, 0.25) is 0 Å². The smallest absolute Gasteiger partial charge is 0.410 e. The molecule has 1 heterocycles. The molecule has 212 valence electrons. The lowest BCUT2D eigenvalue weighted by molar-refractivity contribution is -0.138. The largest absolute Gasteiger partial charge is 0.418 e. The van der Waals surface area contributed by atoms with Crippen LogP contribution in [0.3, 0.4) is 0 Å². The monoisotopic (exact) mass is 580 g/mol. The number of fused-ring (bicyclic) bond motifs is 1. The lowest BCUT2D eigenvalue weighted by Crippen LogP contribution is -2.17. The van der Waals surface area contributed by atoms with E-state index in [1.165, 1.54) is 42.5 Å². The van der Waals surface area contributed by atoms with Crippen LogP contribution in [0.25, 0.3) is 22.0 Å². The normalized spacial score (nSPS) is 11.8. The van der Waals surface area contributed by atoms with Gasteiger partial charge in [-0.1, -0.05) is 60.7 Å². The van der Waals surface area contributed by atoms with Gasteiger partial charge in [-0.3, -0.25) is 15.1 Å². The summed E-state index contributed by atoms with van der Waals surface area (Å²) >= 11 is 0. The van der Waals surface area contributed by atoms with Gasteiger partial charge in [-0.25, -0.2) is 4.79 Å². The number of halogens is 6. The topological polar surface area (TPSA) is 68.3 Å². The van der Waals surface area contributed by atoms with Gasteiger partial charge < -0.3 is 4.74 Å². The van der Waals surface area contributed by atoms with Gasteiger partial charge >= 0.3 is 18.4 Å². The third-order valence-corrected chi connectivity index (χ3v) is 6.25. The van der Waals surface area contributed by atoms with E-state index in [9.17, 15) is 35.9 Å². The molecule has 0 bridgehead atoms. The number of rotatable bonds is 5. The van der Waals surface area contributed by atoms with Crippen LogP contribution in [0.1, 0.15) is 27.0 Å². The minimum Gasteiger partial charge on any atom is -0.410 e. The highest BCUT2D eigenvalue weighted by Crippen LogP contribution is 2.40. The summed E-state index contributed by atoms with van der Waals surface area (Å²) in [6.07, 6.45) is -9.37. The Morgan fingerprint density at radius 3 is 2.17 bits per heavy atom. The van der Waals surface area contributed by atoms with Crippen LogP contribution in [0.5, 0.6) is 5.75 Å². The van der Waals surface area contributed by atoms with Gasteiger partial charge in [0.25, 0.3) is 0 Å². The molecule has 0 aliphatic heterocycles. The summed E-state index contributed by atoms with van der Waals surface area (Å²) in [4.78, 5) is 30.0. The van der Waals surface area contributed by atoms with E-state index in [0.717, 1.165) is 30.5 Å². The van der Waals surface area contributed by atoms with Crippen LogP contribution in [0.2, 0.25) is 0 Å². The third-order valence-electron chi connectivity index (χ3n) is 6.25. The Morgan fingerprint density at radius 1 is 0.738 bits per heavy atom. The van der Waals surface area contributed by atoms with Gasteiger partial charge in [0.1, 0.15) is 5.75 Å². The van der Waals surface area contributed by atoms with Crippen molar-refractivity contribution >= 4 is 28.5 Å². The number of nitrogens with one attached hydrogen (secondary N) is 1. The predicted molar refractivity (Wildman–Crippen MR) is 143 cm³/mol. The standard InChI is InChI=1S/C31H18F6N2O3/c32-30(33,34)20-10-5-11-21(16-20)39-29(41)42-22-12-4-9-19(15-22)26-23-13-6-14-25(31(35,36)37)27(23)38-17-24(26)28(40)18-7-2-1-3-8-18/h1-17H,(H,39,41). The Labute approximate surface area is 234 Å². The van der Waals surface area contributed by atoms with Crippen molar-refractivity contribution in [2.75, 3.05) is 5.32 Å². The average Bonchev–Trinajstić information content (AvgIpc) is 2.95. The van der Waals surface area contributed by atoms with Gasteiger partial charge in [-0.15, -0.1) is 0 Å². The van der Waals surface area contributed by atoms with Crippen LogP contribution < -0.4 is 10.1 Å². The van der Waals surface area contributed by atoms with Crippen molar-refractivity contribution in [1.29, 1.82) is 0 Å². The van der Waals surface area contributed by atoms with Crippen LogP contribution in [0.4, 0.5) is 36.8 Å². The van der Waals surface area contributed by atoms with E-state index >= 15 is 0 Å². The molecule has 5 nitrogen and oxygen atoms in total. The molecule has 1 aromatic heterocycles. The van der Waals surface area contributed by atoms with Crippen LogP contribution in [-0.4, -0.2) is 16.9 Å². The number of hydrogen-bond donors (Lipinski definition) is 1. The summed E-state index contributed by atoms with van der Waals surface area (Å²) in [5.41, 5.74) is -1.85. The zero-order valence-electron chi connectivity index (χ0n) is 21.3. The van der Waals surface area contributed by atoms with E-state index in [4.69, 9.17) is 4.74 Å². The molecule has 0 saturated heterocycles. The van der Waals surface area contributed by atoms with E-state index in [0.29, 0.717) is 0 Å². The first-order valence-electron chi connectivity index (χ1n) is 12.3. The Hall–Kier alpha value is -5.19. The molecule has 0 radical (unpaired) electrons. The maximum atomic E-state index is 13.8. The Bertz CT molecular complexity index is 1800. The lowest BCUT2D eigenvalue weighted by Gasteiger charge is -2.16. The minimum absolute atomic E-state index is 0.0126. The van der Waals surface area contributed by atoms with Gasteiger partial charge in [-0.05, 0) is 42.0 Å². The zero-order chi connectivity index (χ0) is 30.1. The summed E-state index contributed by atoms with van der Waals surface area (Å²) in [5, 5.41) is 2.26. The quantitative estimate of drug-likeness (QED) is 0.167. The highest BCUT2D eigenvalue weighted by molar-refractivity contribution is 6.16. The Kier molecular flexibility index (Phi) is 7.42. The molecule has 0 fully saturated rings. The van der Waals surface area contributed by atoms with Crippen LogP contribution >= 0.6 is 0 Å². The van der Waals surface area contributed by atoms with Crippen LogP contribution in [0, 0.1) is 0 Å². The van der Waals surface area contributed by atoms with E-state index < -0.39 is 35.4 Å². The summed E-state index contributed by atoms with van der Waals surface area (Å²) < 4.78 is 85.8. The first-order chi connectivity index (χ1) is 19.9. The number of carbonyl (C=O) groups is 2. The van der Waals surface area contributed by atoms with Gasteiger partial charge in [-0.2, -0.15) is 26.3 Å². The highest BCUT2D eigenvalue weighted by atomic mass is 19.4. The molecule has 5 rings (SSSR count). The average molecular weight is 580 g/mol. The second-order valence-corrected chi connectivity index (χ2v) is 9.06. The number of alkyl halides is 6. The van der Waals surface area contributed by atoms with Crippen molar-refractivity contribution in [3.63, 3.8) is 0 Å². The molecular formula is C31H18F6N2O3. The lowest BCUT2D eigenvalue weighted by atomic mass is 9.91. The van der Waals surface area contributed by atoms with Gasteiger partial charge in [0, 0.05) is 34.0 Å². The molecule has 42 heavy (non-hydrogen) atoms. The van der Waals surface area contributed by atoms with Crippen molar-refractivity contribution in [3.05, 3.63) is 126 Å². The summed E-state index contributed by atoms with van der Waals surface area (Å²) in [7, 11) is 0. The van der Waals surface area contributed by atoms with Crippen molar-refractivity contribution in [2.45, 2.75) is 12.4 Å².